The van der Waals surface area contributed by atoms with Gasteiger partial charge in [0, 0.05) is 11.1 Å². The number of carboxylic acids is 1. The number of aromatic nitrogens is 1. The van der Waals surface area contributed by atoms with E-state index in [-0.39, 0.29) is 0 Å². The Morgan fingerprint density at radius 2 is 2.20 bits per heavy atom. The van der Waals surface area contributed by atoms with Crippen LogP contribution in [0.5, 0.6) is 0 Å². The summed E-state index contributed by atoms with van der Waals surface area (Å²) in [6.45, 7) is 4.19. The van der Waals surface area contributed by atoms with Crippen molar-refractivity contribution in [2.75, 3.05) is 0 Å². The maximum atomic E-state index is 11.8. The molecule has 2 rings (SSSR count). The van der Waals surface area contributed by atoms with Crippen LogP contribution in [0.15, 0.2) is 6.20 Å². The fourth-order valence-electron chi connectivity index (χ4n) is 3.30. The van der Waals surface area contributed by atoms with Crippen molar-refractivity contribution < 1.29 is 9.90 Å². The van der Waals surface area contributed by atoms with Crippen molar-refractivity contribution in [1.29, 1.82) is 0 Å². The number of rotatable bonds is 6. The van der Waals surface area contributed by atoms with Crippen molar-refractivity contribution in [1.82, 2.24) is 4.98 Å². The SMILES string of the molecule is CCCCC1CCC(Cc2cnc(C)s2)(C(=O)O)CC1. The molecule has 20 heavy (non-hydrogen) atoms. The van der Waals surface area contributed by atoms with Crippen LogP contribution < -0.4 is 0 Å². The molecule has 4 heteroatoms. The van der Waals surface area contributed by atoms with Gasteiger partial charge in [-0.25, -0.2) is 4.98 Å². The number of carboxylic acid groups (broad SMARTS) is 1. The number of aliphatic carboxylic acids is 1. The summed E-state index contributed by atoms with van der Waals surface area (Å²) in [7, 11) is 0. The summed E-state index contributed by atoms with van der Waals surface area (Å²) in [6, 6.07) is 0. The van der Waals surface area contributed by atoms with E-state index in [1.54, 1.807) is 11.3 Å². The monoisotopic (exact) mass is 295 g/mol. The van der Waals surface area contributed by atoms with Crippen LogP contribution in [-0.2, 0) is 11.2 Å². The van der Waals surface area contributed by atoms with Crippen molar-refractivity contribution in [2.45, 2.75) is 65.2 Å². The van der Waals surface area contributed by atoms with Crippen molar-refractivity contribution in [2.24, 2.45) is 11.3 Å². The zero-order chi connectivity index (χ0) is 14.6. The van der Waals surface area contributed by atoms with Gasteiger partial charge in [-0.3, -0.25) is 4.79 Å². The molecule has 112 valence electrons. The molecule has 1 aliphatic rings. The molecule has 0 spiro atoms. The summed E-state index contributed by atoms with van der Waals surface area (Å²) >= 11 is 1.64. The van der Waals surface area contributed by atoms with Gasteiger partial charge in [0.15, 0.2) is 0 Å². The Morgan fingerprint density at radius 1 is 1.50 bits per heavy atom. The number of thiazole rings is 1. The molecule has 1 heterocycles. The minimum Gasteiger partial charge on any atom is -0.481 e. The first kappa shape index (κ1) is 15.5. The van der Waals surface area contributed by atoms with E-state index in [2.05, 4.69) is 11.9 Å². The Labute approximate surface area is 125 Å². The highest BCUT2D eigenvalue weighted by Crippen LogP contribution is 2.43. The molecule has 0 unspecified atom stereocenters. The zero-order valence-corrected chi connectivity index (χ0v) is 13.3. The summed E-state index contributed by atoms with van der Waals surface area (Å²) < 4.78 is 0. The highest BCUT2D eigenvalue weighted by atomic mass is 32.1. The van der Waals surface area contributed by atoms with Gasteiger partial charge in [0.1, 0.15) is 0 Å². The lowest BCUT2D eigenvalue weighted by atomic mass is 9.67. The molecule has 0 saturated heterocycles. The molecule has 0 aromatic carbocycles. The van der Waals surface area contributed by atoms with Gasteiger partial charge in [0.2, 0.25) is 0 Å². The fraction of sp³-hybridized carbons (Fsp3) is 0.750. The van der Waals surface area contributed by atoms with Crippen LogP contribution in [-0.4, -0.2) is 16.1 Å². The molecule has 0 bridgehead atoms. The lowest BCUT2D eigenvalue weighted by Crippen LogP contribution is -2.37. The van der Waals surface area contributed by atoms with Crippen LogP contribution in [0.2, 0.25) is 0 Å². The third-order valence-electron chi connectivity index (χ3n) is 4.66. The van der Waals surface area contributed by atoms with E-state index in [4.69, 9.17) is 0 Å². The maximum Gasteiger partial charge on any atom is 0.309 e. The average Bonchev–Trinajstić information content (AvgIpc) is 2.83. The van der Waals surface area contributed by atoms with Gasteiger partial charge >= 0.3 is 5.97 Å². The van der Waals surface area contributed by atoms with Gasteiger partial charge in [0.25, 0.3) is 0 Å². The van der Waals surface area contributed by atoms with Gasteiger partial charge in [-0.05, 0) is 44.9 Å². The molecule has 0 radical (unpaired) electrons. The molecule has 1 aromatic rings. The van der Waals surface area contributed by atoms with Crippen LogP contribution in [0.25, 0.3) is 0 Å². The number of carbonyl (C=O) groups is 1. The summed E-state index contributed by atoms with van der Waals surface area (Å²) in [5.41, 5.74) is -0.540. The highest BCUT2D eigenvalue weighted by Gasteiger charge is 2.42. The third kappa shape index (κ3) is 3.60. The molecular formula is C16H25NO2S. The van der Waals surface area contributed by atoms with Gasteiger partial charge in [0.05, 0.1) is 10.4 Å². The normalized spacial score (nSPS) is 26.6. The van der Waals surface area contributed by atoms with E-state index in [0.717, 1.165) is 41.5 Å². The number of hydrogen-bond donors (Lipinski definition) is 1. The van der Waals surface area contributed by atoms with E-state index in [9.17, 15) is 9.90 Å². The van der Waals surface area contributed by atoms with E-state index in [1.807, 2.05) is 13.1 Å². The highest BCUT2D eigenvalue weighted by molar-refractivity contribution is 7.11. The van der Waals surface area contributed by atoms with Crippen LogP contribution in [0.3, 0.4) is 0 Å². The van der Waals surface area contributed by atoms with Crippen molar-refractivity contribution in [3.05, 3.63) is 16.1 Å². The lowest BCUT2D eigenvalue weighted by molar-refractivity contribution is -0.151. The van der Waals surface area contributed by atoms with Gasteiger partial charge in [-0.2, -0.15) is 0 Å². The van der Waals surface area contributed by atoms with E-state index >= 15 is 0 Å². The largest absolute Gasteiger partial charge is 0.481 e. The third-order valence-corrected chi connectivity index (χ3v) is 5.58. The number of aryl methyl sites for hydroxylation is 1. The predicted molar refractivity (Wildman–Crippen MR) is 82.1 cm³/mol. The lowest BCUT2D eigenvalue weighted by Gasteiger charge is -2.36. The Bertz CT molecular complexity index is 447. The van der Waals surface area contributed by atoms with Gasteiger partial charge in [-0.1, -0.05) is 26.2 Å². The summed E-state index contributed by atoms with van der Waals surface area (Å²) in [5, 5.41) is 10.7. The van der Waals surface area contributed by atoms with E-state index in [0.29, 0.717) is 6.42 Å². The van der Waals surface area contributed by atoms with E-state index in [1.165, 1.54) is 19.3 Å². The molecule has 1 aromatic heterocycles. The fourth-order valence-corrected chi connectivity index (χ4v) is 4.24. The Kier molecular flexibility index (Phi) is 5.19. The average molecular weight is 295 g/mol. The van der Waals surface area contributed by atoms with Crippen molar-refractivity contribution in [3.8, 4) is 0 Å². The second kappa shape index (κ2) is 6.70. The van der Waals surface area contributed by atoms with Crippen molar-refractivity contribution in [3.63, 3.8) is 0 Å². The predicted octanol–water partition coefficient (Wildman–Crippen LogP) is 4.45. The summed E-state index contributed by atoms with van der Waals surface area (Å²) in [5.74, 6) is 0.128. The molecule has 1 N–H and O–H groups in total. The number of nitrogens with zero attached hydrogens (tertiary/aromatic N) is 1. The summed E-state index contributed by atoms with van der Waals surface area (Å²) in [6.07, 6.45) is 10.1. The van der Waals surface area contributed by atoms with E-state index < -0.39 is 11.4 Å². The second-order valence-electron chi connectivity index (χ2n) is 6.19. The molecule has 0 atom stereocenters. The Morgan fingerprint density at radius 3 is 2.70 bits per heavy atom. The van der Waals surface area contributed by atoms with Crippen LogP contribution in [0.4, 0.5) is 0 Å². The molecule has 1 saturated carbocycles. The first-order chi connectivity index (χ1) is 9.55. The molecule has 1 fully saturated rings. The zero-order valence-electron chi connectivity index (χ0n) is 12.5. The smallest absolute Gasteiger partial charge is 0.309 e. The molecule has 3 nitrogen and oxygen atoms in total. The Balaban J connectivity index is 2.00. The quantitative estimate of drug-likeness (QED) is 0.843. The number of unbranched alkanes of at least 4 members (excludes halogenated alkanes) is 1. The first-order valence-corrected chi connectivity index (χ1v) is 8.52. The molecular weight excluding hydrogens is 270 g/mol. The minimum absolute atomic E-state index is 0.540. The van der Waals surface area contributed by atoms with Crippen LogP contribution in [0, 0.1) is 18.3 Å². The second-order valence-corrected chi connectivity index (χ2v) is 7.51. The van der Waals surface area contributed by atoms with Gasteiger partial charge < -0.3 is 5.11 Å². The minimum atomic E-state index is -0.613. The Hall–Kier alpha value is -0.900. The molecule has 0 aliphatic heterocycles. The van der Waals surface area contributed by atoms with Crippen LogP contribution in [0.1, 0.15) is 61.8 Å². The van der Waals surface area contributed by atoms with Crippen LogP contribution >= 0.6 is 11.3 Å². The molecule has 1 aliphatic carbocycles. The van der Waals surface area contributed by atoms with Gasteiger partial charge in [-0.15, -0.1) is 11.3 Å². The van der Waals surface area contributed by atoms with Crippen molar-refractivity contribution >= 4 is 17.3 Å². The topological polar surface area (TPSA) is 50.2 Å². The summed E-state index contributed by atoms with van der Waals surface area (Å²) in [4.78, 5) is 17.2. The number of hydrogen-bond acceptors (Lipinski definition) is 3. The standard InChI is InChI=1S/C16H25NO2S/c1-3-4-5-13-6-8-16(9-7-13,15(18)19)10-14-11-17-12(2)20-14/h11,13H,3-10H2,1-2H3,(H,18,19). The molecule has 0 amide bonds. The maximum absolute atomic E-state index is 11.8. The first-order valence-electron chi connectivity index (χ1n) is 7.70.